The minimum Gasteiger partial charge on any atom is -0.218 e. The van der Waals surface area contributed by atoms with Gasteiger partial charge in [-0.15, -0.1) is 0 Å². The highest BCUT2D eigenvalue weighted by Crippen LogP contribution is 2.10. The van der Waals surface area contributed by atoms with Crippen LogP contribution in [0.5, 0.6) is 0 Å². The lowest BCUT2D eigenvalue weighted by Gasteiger charge is -1.93. The molecule has 14 heavy (non-hydrogen) atoms. The molecule has 0 N–H and O–H groups in total. The van der Waals surface area contributed by atoms with Gasteiger partial charge in [0.25, 0.3) is 0 Å². The van der Waals surface area contributed by atoms with Gasteiger partial charge in [0, 0.05) is 16.7 Å². The van der Waals surface area contributed by atoms with E-state index in [9.17, 15) is 0 Å². The molecule has 1 aliphatic carbocycles. The molecule has 0 spiro atoms. The van der Waals surface area contributed by atoms with Crippen LogP contribution in [0.25, 0.3) is 12.2 Å². The molecule has 0 atom stereocenters. The van der Waals surface area contributed by atoms with Gasteiger partial charge in [-0.1, -0.05) is 29.3 Å². The van der Waals surface area contributed by atoms with E-state index in [4.69, 9.17) is 34.8 Å². The highest BCUT2D eigenvalue weighted by Gasteiger charge is 2.02. The Labute approximate surface area is 95.5 Å². The third-order valence-electron chi connectivity index (χ3n) is 1.82. The average Bonchev–Trinajstić information content (AvgIpc) is 2.28. The second-order valence-corrected chi connectivity index (χ2v) is 3.95. The predicted molar refractivity (Wildman–Crippen MR) is 58.8 cm³/mol. The lowest BCUT2D eigenvalue weighted by Crippen LogP contribution is -2.29. The number of allylic oxidation sites excluding steroid dienone is 2. The normalized spacial score (nSPS) is 14.6. The molecule has 1 heterocycles. The van der Waals surface area contributed by atoms with Crippen molar-refractivity contribution >= 4 is 47.0 Å². The molecule has 0 unspecified atom stereocenters. The van der Waals surface area contributed by atoms with Gasteiger partial charge in [0.05, 0.1) is 5.35 Å². The Morgan fingerprint density at radius 3 is 2.64 bits per heavy atom. The molecule has 0 saturated heterocycles. The van der Waals surface area contributed by atoms with Gasteiger partial charge < -0.3 is 0 Å². The van der Waals surface area contributed by atoms with E-state index in [-0.39, 0.29) is 5.28 Å². The monoisotopic (exact) mass is 246 g/mol. The van der Waals surface area contributed by atoms with Crippen LogP contribution in [-0.4, -0.2) is 9.97 Å². The van der Waals surface area contributed by atoms with E-state index in [0.717, 1.165) is 10.3 Å². The SMILES string of the molecule is ClC1=CC=c2nc(Cl)nc(Cl)c2=CC1. The average molecular weight is 248 g/mol. The van der Waals surface area contributed by atoms with E-state index in [1.54, 1.807) is 12.2 Å². The second-order valence-electron chi connectivity index (χ2n) is 2.77. The molecule has 5 heteroatoms. The van der Waals surface area contributed by atoms with Gasteiger partial charge in [-0.2, -0.15) is 0 Å². The first-order valence-corrected chi connectivity index (χ1v) is 5.06. The Hall–Kier alpha value is -0.570. The van der Waals surface area contributed by atoms with Gasteiger partial charge in [0.15, 0.2) is 0 Å². The largest absolute Gasteiger partial charge is 0.224 e. The Kier molecular flexibility index (Phi) is 2.77. The predicted octanol–water partition coefficient (Wildman–Crippen LogP) is 1.87. The third-order valence-corrected chi connectivity index (χ3v) is 2.56. The maximum Gasteiger partial charge on any atom is 0.224 e. The van der Waals surface area contributed by atoms with Gasteiger partial charge in [0.1, 0.15) is 5.15 Å². The molecule has 0 bridgehead atoms. The molecule has 72 valence electrons. The van der Waals surface area contributed by atoms with Crippen LogP contribution in [0.1, 0.15) is 6.42 Å². The fraction of sp³-hybridized carbons (Fsp3) is 0.111. The molecule has 1 aromatic rings. The lowest BCUT2D eigenvalue weighted by atomic mass is 10.3. The van der Waals surface area contributed by atoms with Gasteiger partial charge in [-0.05, 0) is 23.8 Å². The summed E-state index contributed by atoms with van der Waals surface area (Å²) in [7, 11) is 0. The zero-order chi connectivity index (χ0) is 10.1. The van der Waals surface area contributed by atoms with Gasteiger partial charge in [-0.25, -0.2) is 9.97 Å². The molecule has 0 saturated carbocycles. The molecule has 0 aromatic carbocycles. The summed E-state index contributed by atoms with van der Waals surface area (Å²) in [6.45, 7) is 0. The lowest BCUT2D eigenvalue weighted by molar-refractivity contribution is 1.10. The van der Waals surface area contributed by atoms with Crippen molar-refractivity contribution in [3.63, 3.8) is 0 Å². The smallest absolute Gasteiger partial charge is 0.218 e. The molecule has 2 nitrogen and oxygen atoms in total. The van der Waals surface area contributed by atoms with Gasteiger partial charge in [0.2, 0.25) is 5.28 Å². The van der Waals surface area contributed by atoms with Crippen LogP contribution in [0.2, 0.25) is 10.4 Å². The maximum atomic E-state index is 5.91. The molecule has 1 aromatic heterocycles. The van der Waals surface area contributed by atoms with E-state index in [1.807, 2.05) is 6.08 Å². The molecule has 0 fully saturated rings. The van der Waals surface area contributed by atoms with Crippen molar-refractivity contribution in [1.82, 2.24) is 9.97 Å². The Morgan fingerprint density at radius 2 is 1.86 bits per heavy atom. The van der Waals surface area contributed by atoms with Crippen molar-refractivity contribution < 1.29 is 0 Å². The topological polar surface area (TPSA) is 25.8 Å². The van der Waals surface area contributed by atoms with Crippen molar-refractivity contribution in [2.45, 2.75) is 6.42 Å². The van der Waals surface area contributed by atoms with E-state index in [2.05, 4.69) is 9.97 Å². The molecule has 0 aliphatic heterocycles. The standard InChI is InChI=1S/C9H5Cl3N2/c10-5-1-3-6-7(4-2-5)13-9(12)14-8(6)11/h2-4H,1H2. The first kappa shape index (κ1) is 9.97. The Bertz CT molecular complexity index is 520. The second kappa shape index (κ2) is 3.89. The Morgan fingerprint density at radius 1 is 1.07 bits per heavy atom. The van der Waals surface area contributed by atoms with E-state index in [0.29, 0.717) is 16.9 Å². The van der Waals surface area contributed by atoms with Crippen LogP contribution in [0.4, 0.5) is 0 Å². The summed E-state index contributed by atoms with van der Waals surface area (Å²) in [5.74, 6) is 0. The van der Waals surface area contributed by atoms with Crippen LogP contribution in [0.15, 0.2) is 11.1 Å². The highest BCUT2D eigenvalue weighted by molar-refractivity contribution is 6.32. The van der Waals surface area contributed by atoms with Gasteiger partial charge in [-0.3, -0.25) is 0 Å². The number of fused-ring (bicyclic) bond motifs is 1. The minimum atomic E-state index is 0.143. The van der Waals surface area contributed by atoms with Crippen LogP contribution in [-0.2, 0) is 0 Å². The summed E-state index contributed by atoms with van der Waals surface area (Å²) < 4.78 is 0. The van der Waals surface area contributed by atoms with Gasteiger partial charge >= 0.3 is 0 Å². The summed E-state index contributed by atoms with van der Waals surface area (Å²) in [4.78, 5) is 7.90. The number of halogens is 3. The van der Waals surface area contributed by atoms with Crippen LogP contribution in [0.3, 0.4) is 0 Å². The van der Waals surface area contributed by atoms with Crippen LogP contribution < -0.4 is 10.6 Å². The highest BCUT2D eigenvalue weighted by atomic mass is 35.5. The molecule has 2 rings (SSSR count). The summed E-state index contributed by atoms with van der Waals surface area (Å²) in [6.07, 6.45) is 6.08. The zero-order valence-electron chi connectivity index (χ0n) is 6.97. The van der Waals surface area contributed by atoms with E-state index >= 15 is 0 Å². The summed E-state index contributed by atoms with van der Waals surface area (Å²) in [6, 6.07) is 0. The number of aromatic nitrogens is 2. The first-order chi connectivity index (χ1) is 6.66. The Balaban J connectivity index is 2.80. The van der Waals surface area contributed by atoms with Crippen molar-refractivity contribution in [1.29, 1.82) is 0 Å². The van der Waals surface area contributed by atoms with Crippen molar-refractivity contribution in [3.05, 3.63) is 32.1 Å². The van der Waals surface area contributed by atoms with Crippen molar-refractivity contribution in [3.8, 4) is 0 Å². The number of hydrogen-bond acceptors (Lipinski definition) is 2. The van der Waals surface area contributed by atoms with Crippen molar-refractivity contribution in [2.75, 3.05) is 0 Å². The number of nitrogens with zero attached hydrogens (tertiary/aromatic N) is 2. The van der Waals surface area contributed by atoms with Crippen molar-refractivity contribution in [2.24, 2.45) is 0 Å². The fourth-order valence-electron chi connectivity index (χ4n) is 1.18. The molecule has 0 amide bonds. The summed E-state index contributed by atoms with van der Waals surface area (Å²) in [5.41, 5.74) is 0. The number of hydrogen-bond donors (Lipinski definition) is 0. The van der Waals surface area contributed by atoms with Crippen LogP contribution >= 0.6 is 34.8 Å². The van der Waals surface area contributed by atoms with E-state index < -0.39 is 0 Å². The summed E-state index contributed by atoms with van der Waals surface area (Å²) in [5, 5.41) is 2.71. The van der Waals surface area contributed by atoms with Crippen LogP contribution in [0, 0.1) is 0 Å². The number of rotatable bonds is 0. The summed E-state index contributed by atoms with van der Waals surface area (Å²) >= 11 is 17.5. The minimum absolute atomic E-state index is 0.143. The molecular weight excluding hydrogens is 242 g/mol. The fourth-order valence-corrected chi connectivity index (χ4v) is 1.80. The molecular formula is C9H5Cl3N2. The van der Waals surface area contributed by atoms with E-state index in [1.165, 1.54) is 0 Å². The molecule has 1 aliphatic rings. The first-order valence-electron chi connectivity index (χ1n) is 3.92. The maximum absolute atomic E-state index is 5.91. The zero-order valence-corrected chi connectivity index (χ0v) is 9.24. The molecule has 0 radical (unpaired) electrons. The quantitative estimate of drug-likeness (QED) is 0.517. The third kappa shape index (κ3) is 1.92.